The third-order valence-electron chi connectivity index (χ3n) is 3.21. The molecule has 0 bridgehead atoms. The van der Waals surface area contributed by atoms with Crippen LogP contribution in [0.4, 0.5) is 0 Å². The normalized spacial score (nSPS) is 9.90. The molecule has 5 heteroatoms. The van der Waals surface area contributed by atoms with Crippen LogP contribution in [-0.4, -0.2) is 21.9 Å². The van der Waals surface area contributed by atoms with Crippen LogP contribution < -0.4 is 18.8 Å². The van der Waals surface area contributed by atoms with Gasteiger partial charge in [0.1, 0.15) is 23.0 Å². The van der Waals surface area contributed by atoms with Gasteiger partial charge in [-0.1, -0.05) is 12.1 Å². The Bertz CT molecular complexity index is 560. The highest BCUT2D eigenvalue weighted by atomic mass is 16.6. The van der Waals surface area contributed by atoms with Gasteiger partial charge in [-0.2, -0.15) is 0 Å². The van der Waals surface area contributed by atoms with E-state index >= 15 is 0 Å². The topological polar surface area (TPSA) is 36.9 Å². The van der Waals surface area contributed by atoms with Crippen molar-refractivity contribution >= 4 is 7.69 Å². The van der Waals surface area contributed by atoms with Crippen LogP contribution in [-0.2, 0) is 0 Å². The first kappa shape index (κ1) is 15.1. The zero-order valence-electron chi connectivity index (χ0n) is 12.8. The summed E-state index contributed by atoms with van der Waals surface area (Å²) in [4.78, 5) is 0. The molecule has 0 unspecified atom stereocenters. The monoisotopic (exact) mass is 286 g/mol. The van der Waals surface area contributed by atoms with E-state index in [9.17, 15) is 0 Å². The fourth-order valence-corrected chi connectivity index (χ4v) is 1.95. The molecule has 2 aromatic carbocycles. The van der Waals surface area contributed by atoms with E-state index in [1.165, 1.54) is 0 Å². The predicted molar refractivity (Wildman–Crippen MR) is 83.9 cm³/mol. The zero-order chi connectivity index (χ0) is 15.2. The van der Waals surface area contributed by atoms with Crippen molar-refractivity contribution in [2.75, 3.05) is 14.2 Å². The lowest BCUT2D eigenvalue weighted by Gasteiger charge is -2.11. The average Bonchev–Trinajstić information content (AvgIpc) is 2.50. The maximum absolute atomic E-state index is 5.57. The first-order valence-corrected chi connectivity index (χ1v) is 6.69. The molecule has 0 atom stereocenters. The molecular weight excluding hydrogens is 267 g/mol. The highest BCUT2D eigenvalue weighted by Crippen LogP contribution is 2.25. The van der Waals surface area contributed by atoms with Crippen molar-refractivity contribution in [3.8, 4) is 23.0 Å². The molecule has 0 aromatic heterocycles. The number of hydrogen-bond acceptors (Lipinski definition) is 4. The van der Waals surface area contributed by atoms with Crippen LogP contribution in [0.25, 0.3) is 0 Å². The summed E-state index contributed by atoms with van der Waals surface area (Å²) in [6, 6.07) is 11.4. The molecule has 0 spiro atoms. The lowest BCUT2D eigenvalue weighted by Crippen LogP contribution is -2.11. The highest BCUT2D eigenvalue weighted by molar-refractivity contribution is 6.20. The molecule has 0 N–H and O–H groups in total. The van der Waals surface area contributed by atoms with Gasteiger partial charge in [-0.3, -0.25) is 0 Å². The van der Waals surface area contributed by atoms with Crippen LogP contribution in [0.1, 0.15) is 11.1 Å². The van der Waals surface area contributed by atoms with E-state index in [0.717, 1.165) is 22.6 Å². The van der Waals surface area contributed by atoms with Crippen LogP contribution in [0.15, 0.2) is 36.4 Å². The molecular formula is C16H19BO4. The highest BCUT2D eigenvalue weighted by Gasteiger charge is 2.05. The van der Waals surface area contributed by atoms with Gasteiger partial charge in [-0.15, -0.1) is 0 Å². The molecule has 0 amide bonds. The Kier molecular flexibility index (Phi) is 4.98. The van der Waals surface area contributed by atoms with E-state index in [-0.39, 0.29) is 7.69 Å². The molecule has 0 aliphatic carbocycles. The molecule has 0 fully saturated rings. The summed E-state index contributed by atoms with van der Waals surface area (Å²) < 4.78 is 21.6. The number of hydrogen-bond donors (Lipinski definition) is 0. The summed E-state index contributed by atoms with van der Waals surface area (Å²) in [5, 5.41) is 0. The summed E-state index contributed by atoms with van der Waals surface area (Å²) >= 11 is 0. The number of ether oxygens (including phenoxy) is 2. The van der Waals surface area contributed by atoms with Gasteiger partial charge < -0.3 is 18.8 Å². The quantitative estimate of drug-likeness (QED) is 0.765. The Morgan fingerprint density at radius 1 is 0.714 bits per heavy atom. The van der Waals surface area contributed by atoms with E-state index in [1.54, 1.807) is 14.2 Å². The molecule has 0 heterocycles. The number of aryl methyl sites for hydroxylation is 2. The zero-order valence-corrected chi connectivity index (χ0v) is 12.8. The molecule has 21 heavy (non-hydrogen) atoms. The van der Waals surface area contributed by atoms with E-state index in [2.05, 4.69) is 0 Å². The van der Waals surface area contributed by atoms with Crippen LogP contribution in [0.2, 0.25) is 0 Å². The molecule has 0 aliphatic heterocycles. The standard InChI is InChI=1S/C16H19BO4/c1-11-5-7-13(9-15(11)18-3)20-17-21-14-8-6-12(2)16(10-14)19-4/h5-10,17H,1-4H3. The molecule has 2 rings (SSSR count). The molecule has 0 radical (unpaired) electrons. The first-order valence-electron chi connectivity index (χ1n) is 6.69. The van der Waals surface area contributed by atoms with Gasteiger partial charge in [0.25, 0.3) is 0 Å². The van der Waals surface area contributed by atoms with Gasteiger partial charge in [0, 0.05) is 12.1 Å². The Labute approximate surface area is 125 Å². The predicted octanol–water partition coefficient (Wildman–Crippen LogP) is 3.04. The van der Waals surface area contributed by atoms with Crippen molar-refractivity contribution in [1.82, 2.24) is 0 Å². The fourth-order valence-electron chi connectivity index (χ4n) is 1.95. The van der Waals surface area contributed by atoms with Crippen molar-refractivity contribution in [1.29, 1.82) is 0 Å². The minimum absolute atomic E-state index is 0.123. The first-order chi connectivity index (χ1) is 10.1. The molecule has 110 valence electrons. The van der Waals surface area contributed by atoms with E-state index in [1.807, 2.05) is 50.2 Å². The molecule has 0 aliphatic rings. The fraction of sp³-hybridized carbons (Fsp3) is 0.250. The number of rotatable bonds is 6. The third-order valence-corrected chi connectivity index (χ3v) is 3.21. The van der Waals surface area contributed by atoms with Crippen LogP contribution in [0, 0.1) is 13.8 Å². The third kappa shape index (κ3) is 3.84. The van der Waals surface area contributed by atoms with Crippen molar-refractivity contribution in [2.45, 2.75) is 13.8 Å². The summed E-state index contributed by atoms with van der Waals surface area (Å²) in [6.45, 7) is 3.97. The second-order valence-electron chi connectivity index (χ2n) is 4.67. The van der Waals surface area contributed by atoms with E-state index in [4.69, 9.17) is 18.8 Å². The largest absolute Gasteiger partial charge is 0.576 e. The Morgan fingerprint density at radius 3 is 1.52 bits per heavy atom. The molecule has 0 saturated carbocycles. The van der Waals surface area contributed by atoms with Crippen molar-refractivity contribution in [2.24, 2.45) is 0 Å². The number of methoxy groups -OCH3 is 2. The van der Waals surface area contributed by atoms with E-state index in [0.29, 0.717) is 11.5 Å². The minimum atomic E-state index is 0.123. The molecule has 0 saturated heterocycles. The number of benzene rings is 2. The minimum Gasteiger partial charge on any atom is -0.528 e. The lowest BCUT2D eigenvalue weighted by atomic mass is 10.2. The van der Waals surface area contributed by atoms with E-state index < -0.39 is 0 Å². The Balaban J connectivity index is 1.95. The van der Waals surface area contributed by atoms with Gasteiger partial charge in [-0.25, -0.2) is 0 Å². The molecule has 2 aromatic rings. The van der Waals surface area contributed by atoms with Gasteiger partial charge in [0.05, 0.1) is 14.2 Å². The second kappa shape index (κ2) is 6.93. The van der Waals surface area contributed by atoms with Gasteiger partial charge in [0.2, 0.25) is 0 Å². The van der Waals surface area contributed by atoms with Crippen molar-refractivity contribution in [3.63, 3.8) is 0 Å². The van der Waals surface area contributed by atoms with Crippen molar-refractivity contribution < 1.29 is 18.8 Å². The van der Waals surface area contributed by atoms with Crippen LogP contribution in [0.3, 0.4) is 0 Å². The summed E-state index contributed by atoms with van der Waals surface area (Å²) in [7, 11) is 3.40. The second-order valence-corrected chi connectivity index (χ2v) is 4.67. The van der Waals surface area contributed by atoms with Gasteiger partial charge >= 0.3 is 7.69 Å². The SMILES string of the molecule is COc1cc(OBOc2ccc(C)c(OC)c2)ccc1C. The summed E-state index contributed by atoms with van der Waals surface area (Å²) in [5.41, 5.74) is 2.13. The maximum Gasteiger partial charge on any atom is 0.576 e. The smallest absolute Gasteiger partial charge is 0.528 e. The Morgan fingerprint density at radius 2 is 1.14 bits per heavy atom. The van der Waals surface area contributed by atoms with Gasteiger partial charge in [-0.05, 0) is 37.1 Å². The average molecular weight is 286 g/mol. The van der Waals surface area contributed by atoms with Gasteiger partial charge in [0.15, 0.2) is 0 Å². The lowest BCUT2D eigenvalue weighted by molar-refractivity contribution is 0.403. The summed E-state index contributed by atoms with van der Waals surface area (Å²) in [5.74, 6) is 3.00. The summed E-state index contributed by atoms with van der Waals surface area (Å²) in [6.07, 6.45) is 0. The van der Waals surface area contributed by atoms with Crippen LogP contribution in [0.5, 0.6) is 23.0 Å². The molecule has 4 nitrogen and oxygen atoms in total. The Hall–Kier alpha value is -2.30. The maximum atomic E-state index is 5.57. The van der Waals surface area contributed by atoms with Crippen LogP contribution >= 0.6 is 0 Å². The van der Waals surface area contributed by atoms with Crippen molar-refractivity contribution in [3.05, 3.63) is 47.5 Å².